The minimum atomic E-state index is -0.863. The van der Waals surface area contributed by atoms with Gasteiger partial charge in [-0.25, -0.2) is 0 Å². The zero-order chi connectivity index (χ0) is 28.4. The maximum atomic E-state index is 13.5. The number of carbonyl (C=O) groups excluding carboxylic acids is 2. The lowest BCUT2D eigenvalue weighted by Gasteiger charge is -2.26. The third kappa shape index (κ3) is 5.53. The first-order valence-corrected chi connectivity index (χ1v) is 13.1. The fraction of sp³-hybridized carbons (Fsp3) is 0.241. The summed E-state index contributed by atoms with van der Waals surface area (Å²) >= 11 is 18.8. The number of amides is 1. The van der Waals surface area contributed by atoms with Crippen LogP contribution in [-0.2, 0) is 16.0 Å². The van der Waals surface area contributed by atoms with Gasteiger partial charge in [-0.1, -0.05) is 59.1 Å². The van der Waals surface area contributed by atoms with Crippen molar-refractivity contribution in [2.75, 3.05) is 39.8 Å². The number of likely N-dealkylation sites (tertiary alicyclic amines) is 1. The predicted octanol–water partition coefficient (Wildman–Crippen LogP) is 6.39. The number of methoxy groups -OCH3 is 2. The summed E-state index contributed by atoms with van der Waals surface area (Å²) in [6.07, 6.45) is 0.472. The molecule has 0 aliphatic carbocycles. The highest BCUT2D eigenvalue weighted by Crippen LogP contribution is 2.47. The van der Waals surface area contributed by atoms with Crippen LogP contribution >= 0.6 is 34.8 Å². The van der Waals surface area contributed by atoms with E-state index in [1.165, 1.54) is 25.2 Å². The van der Waals surface area contributed by atoms with Crippen molar-refractivity contribution in [2.45, 2.75) is 12.5 Å². The van der Waals surface area contributed by atoms with Gasteiger partial charge < -0.3 is 24.4 Å². The van der Waals surface area contributed by atoms with Gasteiger partial charge in [-0.3, -0.25) is 9.59 Å². The van der Waals surface area contributed by atoms with Gasteiger partial charge in [-0.15, -0.1) is 0 Å². The molecule has 1 N–H and O–H groups in total. The molecule has 0 aromatic heterocycles. The molecule has 3 aromatic carbocycles. The molecule has 1 saturated heterocycles. The monoisotopic (exact) mass is 588 g/mol. The average molecular weight is 590 g/mol. The number of anilines is 1. The van der Waals surface area contributed by atoms with Crippen LogP contribution in [0.4, 0.5) is 5.69 Å². The molecule has 39 heavy (non-hydrogen) atoms. The Bertz CT molecular complexity index is 1440. The van der Waals surface area contributed by atoms with E-state index >= 15 is 0 Å². The lowest BCUT2D eigenvalue weighted by Crippen LogP contribution is -2.31. The highest BCUT2D eigenvalue weighted by Gasteiger charge is 2.46. The quantitative estimate of drug-likeness (QED) is 0.186. The van der Waals surface area contributed by atoms with Gasteiger partial charge in [0.05, 0.1) is 36.4 Å². The topological polar surface area (TPSA) is 79.3 Å². The molecule has 0 saturated carbocycles. The summed E-state index contributed by atoms with van der Waals surface area (Å²) in [5.41, 5.74) is 2.51. The number of benzene rings is 3. The molecule has 0 radical (unpaired) electrons. The molecular formula is C29H27Cl3N2O5. The van der Waals surface area contributed by atoms with Crippen molar-refractivity contribution in [3.8, 4) is 11.5 Å². The van der Waals surface area contributed by atoms with E-state index in [0.717, 1.165) is 11.3 Å². The molecule has 1 aliphatic rings. The summed E-state index contributed by atoms with van der Waals surface area (Å²) in [7, 11) is 6.59. The van der Waals surface area contributed by atoms with Gasteiger partial charge in [-0.2, -0.15) is 0 Å². The largest absolute Gasteiger partial charge is 0.507 e. The number of hydrogen-bond donors (Lipinski definition) is 1. The Morgan fingerprint density at radius 1 is 0.949 bits per heavy atom. The van der Waals surface area contributed by atoms with Crippen molar-refractivity contribution in [1.82, 2.24) is 4.90 Å². The lowest BCUT2D eigenvalue weighted by atomic mass is 9.94. The van der Waals surface area contributed by atoms with E-state index < -0.39 is 23.5 Å². The van der Waals surface area contributed by atoms with Crippen molar-refractivity contribution in [2.24, 2.45) is 0 Å². The van der Waals surface area contributed by atoms with Crippen LogP contribution in [-0.4, -0.2) is 56.6 Å². The van der Waals surface area contributed by atoms with E-state index in [1.54, 1.807) is 12.1 Å². The van der Waals surface area contributed by atoms with E-state index in [2.05, 4.69) is 0 Å². The number of ether oxygens (including phenoxy) is 2. The smallest absolute Gasteiger partial charge is 0.295 e. The van der Waals surface area contributed by atoms with E-state index in [0.29, 0.717) is 17.0 Å². The number of aliphatic hydroxyl groups excluding tert-OH is 1. The second-order valence-electron chi connectivity index (χ2n) is 9.14. The van der Waals surface area contributed by atoms with E-state index in [9.17, 15) is 14.7 Å². The number of halogens is 3. The highest BCUT2D eigenvalue weighted by atomic mass is 35.5. The zero-order valence-corrected chi connectivity index (χ0v) is 24.1. The minimum Gasteiger partial charge on any atom is -0.507 e. The SMILES string of the molecule is COc1c(Cl)cc(/C(O)=C2\C(=O)C(=O)N(CCc3ccc(Cl)cc3)C2c2ccc(N(C)C)cc2)c(OC)c1Cl. The van der Waals surface area contributed by atoms with Crippen molar-refractivity contribution in [3.63, 3.8) is 0 Å². The van der Waals surface area contributed by atoms with Gasteiger partial charge in [0.25, 0.3) is 11.7 Å². The number of aliphatic hydroxyl groups is 1. The van der Waals surface area contributed by atoms with E-state index in [-0.39, 0.29) is 39.2 Å². The Labute approximate surface area is 242 Å². The van der Waals surface area contributed by atoms with Crippen molar-refractivity contribution < 1.29 is 24.2 Å². The summed E-state index contributed by atoms with van der Waals surface area (Å²) < 4.78 is 10.7. The Kier molecular flexibility index (Phi) is 8.64. The summed E-state index contributed by atoms with van der Waals surface area (Å²) in [5.74, 6) is -1.78. The van der Waals surface area contributed by atoms with E-state index in [1.807, 2.05) is 55.4 Å². The number of hydrogen-bond acceptors (Lipinski definition) is 6. The van der Waals surface area contributed by atoms with Crippen LogP contribution in [0.2, 0.25) is 15.1 Å². The van der Waals surface area contributed by atoms with Gasteiger partial charge in [0, 0.05) is 31.4 Å². The zero-order valence-electron chi connectivity index (χ0n) is 21.8. The number of nitrogens with zero attached hydrogens (tertiary/aromatic N) is 2. The van der Waals surface area contributed by atoms with Gasteiger partial charge in [0.15, 0.2) is 11.5 Å². The van der Waals surface area contributed by atoms with E-state index in [4.69, 9.17) is 44.3 Å². The molecule has 10 heteroatoms. The lowest BCUT2D eigenvalue weighted by molar-refractivity contribution is -0.139. The Morgan fingerprint density at radius 2 is 1.56 bits per heavy atom. The second-order valence-corrected chi connectivity index (χ2v) is 10.4. The highest BCUT2D eigenvalue weighted by molar-refractivity contribution is 6.47. The standard InChI is InChI=1S/C29H27Cl3N2O5/c1-33(2)19-11-7-17(8-12-19)24-22(25(35)20-15-21(31)28(39-4)23(32)27(20)38-3)26(36)29(37)34(24)14-13-16-5-9-18(30)10-6-16/h5-12,15,24,35H,13-14H2,1-4H3/b25-22+. The molecule has 7 nitrogen and oxygen atoms in total. The molecule has 1 heterocycles. The van der Waals surface area contributed by atoms with Crippen molar-refractivity contribution in [3.05, 3.63) is 91.9 Å². The number of rotatable bonds is 8. The third-order valence-electron chi connectivity index (χ3n) is 6.61. The van der Waals surface area contributed by atoms with Gasteiger partial charge in [0.2, 0.25) is 0 Å². The summed E-state index contributed by atoms with van der Waals surface area (Å²) in [4.78, 5) is 30.2. The maximum Gasteiger partial charge on any atom is 0.295 e. The molecule has 1 unspecified atom stereocenters. The third-order valence-corrected chi connectivity index (χ3v) is 7.49. The number of ketones is 1. The first kappa shape index (κ1) is 28.6. The van der Waals surface area contributed by atoms with Crippen LogP contribution in [0.3, 0.4) is 0 Å². The van der Waals surface area contributed by atoms with Crippen LogP contribution in [0.15, 0.2) is 60.2 Å². The van der Waals surface area contributed by atoms with Crippen molar-refractivity contribution in [1.29, 1.82) is 0 Å². The molecule has 0 bridgehead atoms. The number of carbonyl (C=O) groups is 2. The van der Waals surface area contributed by atoms with Crippen LogP contribution in [0.25, 0.3) is 5.76 Å². The number of Topliss-reactive ketones (excluding diaryl/α,β-unsaturated/α-hetero) is 1. The van der Waals surface area contributed by atoms with Crippen LogP contribution < -0.4 is 14.4 Å². The molecule has 0 spiro atoms. The first-order chi connectivity index (χ1) is 18.6. The molecule has 1 aliphatic heterocycles. The summed E-state index contributed by atoms with van der Waals surface area (Å²) in [5, 5.41) is 12.3. The molecular weight excluding hydrogens is 563 g/mol. The van der Waals surface area contributed by atoms with Gasteiger partial charge in [0.1, 0.15) is 10.8 Å². The van der Waals surface area contributed by atoms with Crippen LogP contribution in [0.5, 0.6) is 11.5 Å². The molecule has 1 atom stereocenters. The summed E-state index contributed by atoms with van der Waals surface area (Å²) in [6.45, 7) is 0.227. The molecule has 4 rings (SSSR count). The summed E-state index contributed by atoms with van der Waals surface area (Å²) in [6, 6.07) is 15.2. The maximum absolute atomic E-state index is 13.5. The second kappa shape index (κ2) is 11.8. The molecule has 1 amide bonds. The Hall–Kier alpha value is -3.39. The van der Waals surface area contributed by atoms with Gasteiger partial charge >= 0.3 is 0 Å². The molecule has 1 fully saturated rings. The Balaban J connectivity index is 1.87. The normalized spacial score (nSPS) is 16.5. The van der Waals surface area contributed by atoms with Crippen molar-refractivity contribution >= 4 is 57.9 Å². The van der Waals surface area contributed by atoms with Gasteiger partial charge in [-0.05, 0) is 47.9 Å². The minimum absolute atomic E-state index is 0.0258. The fourth-order valence-electron chi connectivity index (χ4n) is 4.60. The fourth-order valence-corrected chi connectivity index (χ4v) is 5.42. The molecule has 204 valence electrons. The van der Waals surface area contributed by atoms with Crippen LogP contribution in [0.1, 0.15) is 22.7 Å². The first-order valence-electron chi connectivity index (χ1n) is 12.0. The Morgan fingerprint density at radius 3 is 2.13 bits per heavy atom. The molecule has 3 aromatic rings. The average Bonchev–Trinajstić information content (AvgIpc) is 3.17. The predicted molar refractivity (Wildman–Crippen MR) is 155 cm³/mol. The van der Waals surface area contributed by atoms with Crippen LogP contribution in [0, 0.1) is 0 Å².